The summed E-state index contributed by atoms with van der Waals surface area (Å²) in [6.45, 7) is 5.08. The second kappa shape index (κ2) is 7.79. The van der Waals surface area contributed by atoms with E-state index in [2.05, 4.69) is 15.0 Å². The van der Waals surface area contributed by atoms with E-state index in [0.717, 1.165) is 6.07 Å². The van der Waals surface area contributed by atoms with Gasteiger partial charge in [0.2, 0.25) is 15.9 Å². The van der Waals surface area contributed by atoms with Gasteiger partial charge in [-0.1, -0.05) is 0 Å². The SMILES string of the molecule is CC(C)(C)S(=O)(=O)NC1CCC(C(=O)NCc2cc(O)cc(=O)[nH]2)CC1. The largest absolute Gasteiger partial charge is 0.508 e. The van der Waals surface area contributed by atoms with Gasteiger partial charge in [-0.2, -0.15) is 0 Å². The molecule has 0 aliphatic heterocycles. The number of rotatable bonds is 5. The fourth-order valence-corrected chi connectivity index (χ4v) is 3.90. The summed E-state index contributed by atoms with van der Waals surface area (Å²) < 4.78 is 26.3. The van der Waals surface area contributed by atoms with E-state index in [1.807, 2.05) is 0 Å². The van der Waals surface area contributed by atoms with Crippen molar-refractivity contribution in [1.82, 2.24) is 15.0 Å². The number of pyridine rings is 1. The van der Waals surface area contributed by atoms with Crippen molar-refractivity contribution in [2.45, 2.75) is 63.8 Å². The van der Waals surface area contributed by atoms with E-state index in [1.54, 1.807) is 20.8 Å². The summed E-state index contributed by atoms with van der Waals surface area (Å²) in [7, 11) is -3.40. The van der Waals surface area contributed by atoms with Crippen LogP contribution < -0.4 is 15.6 Å². The van der Waals surface area contributed by atoms with Gasteiger partial charge in [0.05, 0.1) is 11.3 Å². The molecule has 1 aromatic rings. The molecule has 9 heteroatoms. The topological polar surface area (TPSA) is 128 Å². The molecule has 0 radical (unpaired) electrons. The predicted molar refractivity (Wildman–Crippen MR) is 98.1 cm³/mol. The minimum absolute atomic E-state index is 0.124. The number of hydrogen-bond donors (Lipinski definition) is 4. The lowest BCUT2D eigenvalue weighted by atomic mass is 9.86. The van der Waals surface area contributed by atoms with Gasteiger partial charge >= 0.3 is 0 Å². The van der Waals surface area contributed by atoms with Gasteiger partial charge < -0.3 is 15.4 Å². The normalized spacial score (nSPS) is 21.3. The number of carbonyl (C=O) groups is 1. The Morgan fingerprint density at radius 1 is 1.23 bits per heavy atom. The minimum atomic E-state index is -3.40. The lowest BCUT2D eigenvalue weighted by molar-refractivity contribution is -0.126. The first-order valence-corrected chi connectivity index (χ1v) is 10.2. The maximum Gasteiger partial charge on any atom is 0.251 e. The third-order valence-electron chi connectivity index (χ3n) is 4.56. The maximum atomic E-state index is 12.3. The van der Waals surface area contributed by atoms with Crippen molar-refractivity contribution in [3.8, 4) is 5.75 Å². The Balaban J connectivity index is 1.84. The minimum Gasteiger partial charge on any atom is -0.508 e. The van der Waals surface area contributed by atoms with Crippen LogP contribution in [0.15, 0.2) is 16.9 Å². The van der Waals surface area contributed by atoms with Gasteiger partial charge in [-0.05, 0) is 46.5 Å². The first-order chi connectivity index (χ1) is 12.0. The summed E-state index contributed by atoms with van der Waals surface area (Å²) in [5.74, 6) is -0.467. The molecular formula is C17H27N3O5S. The first kappa shape index (κ1) is 20.4. The Morgan fingerprint density at radius 3 is 2.38 bits per heavy atom. The summed E-state index contributed by atoms with van der Waals surface area (Å²) in [4.78, 5) is 26.1. The van der Waals surface area contributed by atoms with Gasteiger partial charge in [-0.25, -0.2) is 13.1 Å². The molecule has 146 valence electrons. The number of amides is 1. The Bertz CT molecular complexity index is 802. The van der Waals surface area contributed by atoms with Crippen molar-refractivity contribution in [3.63, 3.8) is 0 Å². The fraction of sp³-hybridized carbons (Fsp3) is 0.647. The third-order valence-corrected chi connectivity index (χ3v) is 6.82. The van der Waals surface area contributed by atoms with Gasteiger partial charge in [-0.3, -0.25) is 9.59 Å². The molecular weight excluding hydrogens is 358 g/mol. The number of nitrogens with one attached hydrogen (secondary N) is 3. The molecule has 0 bridgehead atoms. The maximum absolute atomic E-state index is 12.3. The van der Waals surface area contributed by atoms with E-state index in [9.17, 15) is 23.1 Å². The molecule has 0 atom stereocenters. The molecule has 8 nitrogen and oxygen atoms in total. The predicted octanol–water partition coefficient (Wildman–Crippen LogP) is 0.973. The van der Waals surface area contributed by atoms with E-state index in [0.29, 0.717) is 31.4 Å². The molecule has 1 amide bonds. The summed E-state index contributed by atoms with van der Waals surface area (Å²) in [6.07, 6.45) is 2.41. The summed E-state index contributed by atoms with van der Waals surface area (Å²) in [6, 6.07) is 2.30. The Labute approximate surface area is 153 Å². The molecule has 1 heterocycles. The van der Waals surface area contributed by atoms with Crippen LogP contribution in [-0.2, 0) is 21.4 Å². The number of aromatic hydroxyl groups is 1. The Hall–Kier alpha value is -1.87. The number of aromatic amines is 1. The lowest BCUT2D eigenvalue weighted by Gasteiger charge is -2.30. The van der Waals surface area contributed by atoms with Crippen molar-refractivity contribution in [2.24, 2.45) is 5.92 Å². The number of aromatic nitrogens is 1. The van der Waals surface area contributed by atoms with Crippen LogP contribution in [0.1, 0.15) is 52.1 Å². The summed E-state index contributed by atoms with van der Waals surface area (Å²) >= 11 is 0. The highest BCUT2D eigenvalue weighted by molar-refractivity contribution is 7.90. The number of carbonyl (C=O) groups excluding carboxylic acids is 1. The van der Waals surface area contributed by atoms with Gasteiger partial charge in [0.15, 0.2) is 0 Å². The van der Waals surface area contributed by atoms with Crippen molar-refractivity contribution in [1.29, 1.82) is 0 Å². The third kappa shape index (κ3) is 5.31. The molecule has 1 aliphatic carbocycles. The molecule has 2 rings (SSSR count). The highest BCUT2D eigenvalue weighted by Crippen LogP contribution is 2.26. The zero-order valence-electron chi connectivity index (χ0n) is 15.3. The van der Waals surface area contributed by atoms with Crippen LogP contribution in [0.3, 0.4) is 0 Å². The molecule has 0 spiro atoms. The van der Waals surface area contributed by atoms with Gasteiger partial charge in [-0.15, -0.1) is 0 Å². The molecule has 26 heavy (non-hydrogen) atoms. The van der Waals surface area contributed by atoms with Gasteiger partial charge in [0.1, 0.15) is 5.75 Å². The van der Waals surface area contributed by atoms with E-state index in [4.69, 9.17) is 0 Å². The zero-order chi connectivity index (χ0) is 19.5. The van der Waals surface area contributed by atoms with Crippen molar-refractivity contribution < 1.29 is 18.3 Å². The fourth-order valence-electron chi connectivity index (χ4n) is 2.88. The van der Waals surface area contributed by atoms with Crippen molar-refractivity contribution in [3.05, 3.63) is 28.2 Å². The molecule has 4 N–H and O–H groups in total. The highest BCUT2D eigenvalue weighted by atomic mass is 32.2. The number of hydrogen-bond acceptors (Lipinski definition) is 5. The summed E-state index contributed by atoms with van der Waals surface area (Å²) in [5, 5.41) is 12.1. The van der Waals surface area contributed by atoms with Crippen LogP contribution in [0, 0.1) is 5.92 Å². The first-order valence-electron chi connectivity index (χ1n) is 8.70. The standard InChI is InChI=1S/C17H27N3O5S/c1-17(2,3)26(24,25)20-12-6-4-11(5-7-12)16(23)18-10-13-8-14(21)9-15(22)19-13/h8-9,11-12,20H,4-7,10H2,1-3H3,(H,18,23)(H2,19,21,22). The molecule has 1 aromatic heterocycles. The number of sulfonamides is 1. The monoisotopic (exact) mass is 385 g/mol. The average molecular weight is 385 g/mol. The van der Waals surface area contributed by atoms with Crippen LogP contribution in [0.25, 0.3) is 0 Å². The summed E-state index contributed by atoms with van der Waals surface area (Å²) in [5.41, 5.74) is -0.00383. The van der Waals surface area contributed by atoms with E-state index in [-0.39, 0.29) is 30.2 Å². The molecule has 1 saturated carbocycles. The molecule has 0 unspecified atom stereocenters. The van der Waals surface area contributed by atoms with Crippen LogP contribution in [0.2, 0.25) is 0 Å². The van der Waals surface area contributed by atoms with E-state index in [1.165, 1.54) is 6.07 Å². The zero-order valence-corrected chi connectivity index (χ0v) is 16.1. The van der Waals surface area contributed by atoms with E-state index < -0.39 is 20.3 Å². The highest BCUT2D eigenvalue weighted by Gasteiger charge is 2.34. The molecule has 1 fully saturated rings. The molecule has 0 saturated heterocycles. The van der Waals surface area contributed by atoms with Gasteiger partial charge in [0.25, 0.3) is 5.56 Å². The lowest BCUT2D eigenvalue weighted by Crippen LogP contribution is -2.46. The smallest absolute Gasteiger partial charge is 0.251 e. The van der Waals surface area contributed by atoms with E-state index >= 15 is 0 Å². The average Bonchev–Trinajstić information content (AvgIpc) is 2.51. The van der Waals surface area contributed by atoms with Crippen LogP contribution in [0.4, 0.5) is 0 Å². The Morgan fingerprint density at radius 2 is 1.85 bits per heavy atom. The number of H-pyrrole nitrogens is 1. The van der Waals surface area contributed by atoms with Crippen LogP contribution in [-0.4, -0.2) is 35.2 Å². The Kier molecular flexibility index (Phi) is 6.13. The second-order valence-electron chi connectivity index (χ2n) is 7.73. The second-order valence-corrected chi connectivity index (χ2v) is 10.2. The van der Waals surface area contributed by atoms with Crippen molar-refractivity contribution in [2.75, 3.05) is 0 Å². The van der Waals surface area contributed by atoms with Crippen molar-refractivity contribution >= 4 is 15.9 Å². The molecule has 0 aromatic carbocycles. The molecule has 1 aliphatic rings. The quantitative estimate of drug-likeness (QED) is 0.600. The van der Waals surface area contributed by atoms with Gasteiger partial charge in [0, 0.05) is 29.8 Å². The van der Waals surface area contributed by atoms with Crippen LogP contribution in [0.5, 0.6) is 5.75 Å². The van der Waals surface area contributed by atoms with Crippen LogP contribution >= 0.6 is 0 Å².